The van der Waals surface area contributed by atoms with Crippen LogP contribution in [0.4, 0.5) is 11.6 Å². The lowest BCUT2D eigenvalue weighted by Crippen LogP contribution is -1.97. The number of pyridine rings is 2. The van der Waals surface area contributed by atoms with E-state index in [2.05, 4.69) is 15.8 Å². The molecular formula is C19H16Cl2N4S. The fraction of sp³-hybridized carbons (Fsp3) is 0.158. The van der Waals surface area contributed by atoms with Crippen molar-refractivity contribution in [2.75, 3.05) is 10.5 Å². The molecule has 4 nitrogen and oxygen atoms in total. The quantitative estimate of drug-likeness (QED) is 0.510. The van der Waals surface area contributed by atoms with Gasteiger partial charge in [0.2, 0.25) is 0 Å². The molecule has 2 heterocycles. The first-order chi connectivity index (χ1) is 12.6. The van der Waals surface area contributed by atoms with Gasteiger partial charge in [0.05, 0.1) is 10.7 Å². The molecule has 0 spiro atoms. The van der Waals surface area contributed by atoms with Gasteiger partial charge in [0.15, 0.2) is 0 Å². The summed E-state index contributed by atoms with van der Waals surface area (Å²) in [4.78, 5) is 8.96. The van der Waals surface area contributed by atoms with E-state index in [0.717, 1.165) is 16.3 Å². The average molecular weight is 403 g/mol. The van der Waals surface area contributed by atoms with Crippen LogP contribution >= 0.6 is 35.1 Å². The zero-order valence-corrected chi connectivity index (χ0v) is 16.1. The number of anilines is 2. The normalized spacial score (nSPS) is 13.6. The second-order valence-electron chi connectivity index (χ2n) is 6.14. The van der Waals surface area contributed by atoms with E-state index in [9.17, 15) is 0 Å². The number of aromatic nitrogens is 2. The van der Waals surface area contributed by atoms with E-state index >= 15 is 0 Å². The van der Waals surface area contributed by atoms with Gasteiger partial charge in [-0.25, -0.2) is 9.97 Å². The Labute approximate surface area is 166 Å². The molecule has 3 aromatic rings. The van der Waals surface area contributed by atoms with E-state index < -0.39 is 0 Å². The molecule has 132 valence electrons. The Bertz CT molecular complexity index is 960. The number of nitrogens with two attached hydrogens (primary N) is 1. The molecule has 1 saturated carbocycles. The third-order valence-electron chi connectivity index (χ3n) is 4.14. The Kier molecular flexibility index (Phi) is 4.94. The Morgan fingerprint density at radius 3 is 2.65 bits per heavy atom. The van der Waals surface area contributed by atoms with Crippen LogP contribution in [-0.2, 0) is 0 Å². The van der Waals surface area contributed by atoms with Crippen LogP contribution in [0.2, 0.25) is 10.0 Å². The summed E-state index contributed by atoms with van der Waals surface area (Å²) in [6.45, 7) is 0. The van der Waals surface area contributed by atoms with Crippen molar-refractivity contribution in [3.8, 4) is 11.3 Å². The SMILES string of the molecule is Nc1cccc(SNc2ccc(Cl)c(-c3cc(Cl)ccc3C3CC3)n2)n1. The van der Waals surface area contributed by atoms with Crippen LogP contribution in [0, 0.1) is 0 Å². The molecule has 1 aliphatic carbocycles. The minimum absolute atomic E-state index is 0.481. The molecule has 4 rings (SSSR count). The molecule has 0 aliphatic heterocycles. The third kappa shape index (κ3) is 3.90. The highest BCUT2D eigenvalue weighted by Gasteiger charge is 2.27. The Balaban J connectivity index is 1.64. The standard InChI is InChI=1S/C19H16Cl2N4S/c20-12-6-7-13(11-4-5-11)14(10-12)19-15(21)8-9-17(24-19)25-26-18-3-1-2-16(22)23-18/h1-3,6-11H,4-5H2,(H2,22,23)(H,24,25). The summed E-state index contributed by atoms with van der Waals surface area (Å²) >= 11 is 14.0. The summed E-state index contributed by atoms with van der Waals surface area (Å²) in [5, 5.41) is 2.05. The van der Waals surface area contributed by atoms with Crippen LogP contribution in [0.1, 0.15) is 24.3 Å². The molecule has 1 fully saturated rings. The summed E-state index contributed by atoms with van der Waals surface area (Å²) in [6, 6.07) is 15.1. The van der Waals surface area contributed by atoms with Gasteiger partial charge in [-0.05, 0) is 60.7 Å². The highest BCUT2D eigenvalue weighted by molar-refractivity contribution is 8.00. The maximum Gasteiger partial charge on any atom is 0.136 e. The minimum Gasteiger partial charge on any atom is -0.384 e. The van der Waals surface area contributed by atoms with Gasteiger partial charge in [-0.1, -0.05) is 35.3 Å². The molecule has 7 heteroatoms. The lowest BCUT2D eigenvalue weighted by molar-refractivity contribution is 1.13. The van der Waals surface area contributed by atoms with Crippen molar-refractivity contribution in [3.05, 3.63) is 64.1 Å². The summed E-state index contributed by atoms with van der Waals surface area (Å²) in [5.74, 6) is 1.75. The van der Waals surface area contributed by atoms with Crippen molar-refractivity contribution in [2.45, 2.75) is 23.8 Å². The fourth-order valence-electron chi connectivity index (χ4n) is 2.76. The molecule has 0 radical (unpaired) electrons. The van der Waals surface area contributed by atoms with Gasteiger partial charge in [0.1, 0.15) is 16.7 Å². The van der Waals surface area contributed by atoms with Crippen molar-refractivity contribution < 1.29 is 0 Å². The molecule has 26 heavy (non-hydrogen) atoms. The fourth-order valence-corrected chi connectivity index (χ4v) is 3.76. The van der Waals surface area contributed by atoms with E-state index in [1.807, 2.05) is 36.4 Å². The van der Waals surface area contributed by atoms with Crippen molar-refractivity contribution in [1.29, 1.82) is 0 Å². The Morgan fingerprint density at radius 2 is 1.88 bits per heavy atom. The maximum absolute atomic E-state index is 6.45. The van der Waals surface area contributed by atoms with Gasteiger partial charge in [-0.3, -0.25) is 0 Å². The second kappa shape index (κ2) is 7.35. The smallest absolute Gasteiger partial charge is 0.136 e. The lowest BCUT2D eigenvalue weighted by atomic mass is 10.00. The number of nitrogen functional groups attached to an aromatic ring is 1. The largest absolute Gasteiger partial charge is 0.384 e. The molecule has 0 saturated heterocycles. The number of rotatable bonds is 5. The van der Waals surface area contributed by atoms with Gasteiger partial charge in [-0.15, -0.1) is 0 Å². The molecule has 0 amide bonds. The molecule has 1 aliphatic rings. The van der Waals surface area contributed by atoms with Crippen LogP contribution in [0.15, 0.2) is 53.6 Å². The van der Waals surface area contributed by atoms with E-state index in [1.165, 1.54) is 30.4 Å². The number of nitrogens with zero attached hydrogens (tertiary/aromatic N) is 2. The van der Waals surface area contributed by atoms with E-state index in [-0.39, 0.29) is 0 Å². The van der Waals surface area contributed by atoms with Crippen molar-refractivity contribution in [1.82, 2.24) is 9.97 Å². The van der Waals surface area contributed by atoms with E-state index in [1.54, 1.807) is 6.07 Å². The minimum atomic E-state index is 0.481. The summed E-state index contributed by atoms with van der Waals surface area (Å²) < 4.78 is 3.20. The zero-order chi connectivity index (χ0) is 18.1. The van der Waals surface area contributed by atoms with Gasteiger partial charge in [0.25, 0.3) is 0 Å². The second-order valence-corrected chi connectivity index (χ2v) is 7.81. The highest BCUT2D eigenvalue weighted by atomic mass is 35.5. The molecule has 3 N–H and O–H groups in total. The summed E-state index contributed by atoms with van der Waals surface area (Å²) in [5.41, 5.74) is 8.71. The van der Waals surface area contributed by atoms with Crippen molar-refractivity contribution in [3.63, 3.8) is 0 Å². The molecule has 0 atom stereocenters. The van der Waals surface area contributed by atoms with Gasteiger partial charge in [-0.2, -0.15) is 0 Å². The third-order valence-corrected chi connectivity index (χ3v) is 5.43. The highest BCUT2D eigenvalue weighted by Crippen LogP contribution is 2.46. The first-order valence-electron chi connectivity index (χ1n) is 8.22. The van der Waals surface area contributed by atoms with Crippen LogP contribution < -0.4 is 10.5 Å². The Morgan fingerprint density at radius 1 is 1.04 bits per heavy atom. The monoisotopic (exact) mass is 402 g/mol. The molecule has 1 aromatic carbocycles. The first kappa shape index (κ1) is 17.5. The van der Waals surface area contributed by atoms with Crippen molar-refractivity contribution >= 4 is 46.8 Å². The number of halogens is 2. The van der Waals surface area contributed by atoms with E-state index in [0.29, 0.717) is 27.6 Å². The van der Waals surface area contributed by atoms with Crippen LogP contribution in [0.5, 0.6) is 0 Å². The zero-order valence-electron chi connectivity index (χ0n) is 13.7. The van der Waals surface area contributed by atoms with Gasteiger partial charge >= 0.3 is 0 Å². The van der Waals surface area contributed by atoms with Crippen molar-refractivity contribution in [2.24, 2.45) is 0 Å². The van der Waals surface area contributed by atoms with Crippen LogP contribution in [0.25, 0.3) is 11.3 Å². The average Bonchev–Trinajstić information content (AvgIpc) is 3.46. The topological polar surface area (TPSA) is 63.8 Å². The Hall–Kier alpha value is -1.95. The molecule has 2 aromatic heterocycles. The lowest BCUT2D eigenvalue weighted by Gasteiger charge is -2.12. The number of hydrogen-bond donors (Lipinski definition) is 2. The predicted molar refractivity (Wildman–Crippen MR) is 110 cm³/mol. The van der Waals surface area contributed by atoms with Gasteiger partial charge < -0.3 is 10.5 Å². The van der Waals surface area contributed by atoms with E-state index in [4.69, 9.17) is 33.9 Å². The number of benzene rings is 1. The van der Waals surface area contributed by atoms with Crippen LogP contribution in [0.3, 0.4) is 0 Å². The first-order valence-corrected chi connectivity index (χ1v) is 9.79. The van der Waals surface area contributed by atoms with Crippen LogP contribution in [-0.4, -0.2) is 9.97 Å². The number of hydrogen-bond acceptors (Lipinski definition) is 5. The number of nitrogens with one attached hydrogen (secondary N) is 1. The summed E-state index contributed by atoms with van der Waals surface area (Å²) in [6.07, 6.45) is 2.39. The maximum atomic E-state index is 6.45. The van der Waals surface area contributed by atoms with Gasteiger partial charge in [0, 0.05) is 22.5 Å². The molecular weight excluding hydrogens is 387 g/mol. The molecule has 0 unspecified atom stereocenters. The molecule has 0 bridgehead atoms. The predicted octanol–water partition coefficient (Wildman–Crippen LogP) is 6.03. The summed E-state index contributed by atoms with van der Waals surface area (Å²) in [7, 11) is 0.